The van der Waals surface area contributed by atoms with Gasteiger partial charge in [-0.25, -0.2) is 0 Å². The van der Waals surface area contributed by atoms with Crippen LogP contribution in [0.2, 0.25) is 0 Å². The van der Waals surface area contributed by atoms with Crippen LogP contribution in [-0.4, -0.2) is 43.5 Å². The van der Waals surface area contributed by atoms with Gasteiger partial charge in [-0.3, -0.25) is 4.79 Å². The molecule has 1 amide bonds. The summed E-state index contributed by atoms with van der Waals surface area (Å²) in [6, 6.07) is 5.45. The Bertz CT molecular complexity index is 456. The Hall–Kier alpha value is -1.42. The van der Waals surface area contributed by atoms with Crippen LogP contribution in [0, 0.1) is 0 Å². The topological polar surface area (TPSA) is 38.8 Å². The molecular weight excluding hydrogens is 278 g/mol. The third-order valence-electron chi connectivity index (χ3n) is 3.71. The number of likely N-dealkylation sites (tertiary alicyclic amines) is 1. The Morgan fingerprint density at radius 1 is 1.30 bits per heavy atom. The first-order valence-electron chi connectivity index (χ1n) is 6.80. The number of rotatable bonds is 4. The maximum Gasteiger partial charge on any atom is 0.261 e. The van der Waals surface area contributed by atoms with Crippen LogP contribution in [-0.2, 0) is 0 Å². The number of benzene rings is 1. The molecule has 1 aliphatic rings. The molecule has 2 rings (SSSR count). The minimum Gasteiger partial charge on any atom is -0.496 e. The summed E-state index contributed by atoms with van der Waals surface area (Å²) in [5, 5.41) is 0. The van der Waals surface area contributed by atoms with Crippen molar-refractivity contribution in [2.24, 2.45) is 0 Å². The van der Waals surface area contributed by atoms with Gasteiger partial charge >= 0.3 is 0 Å². The first-order valence-corrected chi connectivity index (χ1v) is 7.34. The van der Waals surface area contributed by atoms with Crippen molar-refractivity contribution in [2.75, 3.05) is 26.6 Å². The van der Waals surface area contributed by atoms with Crippen molar-refractivity contribution in [1.82, 2.24) is 4.90 Å². The maximum absolute atomic E-state index is 12.8. The van der Waals surface area contributed by atoms with Crippen molar-refractivity contribution in [1.29, 1.82) is 0 Å². The molecule has 1 aromatic rings. The number of hydrogen-bond donors (Lipinski definition) is 0. The Balaban J connectivity index is 2.36. The highest BCUT2D eigenvalue weighted by Gasteiger charge is 2.30. The lowest BCUT2D eigenvalue weighted by Gasteiger charge is -2.35. The summed E-state index contributed by atoms with van der Waals surface area (Å²) in [7, 11) is 3.11. The van der Waals surface area contributed by atoms with E-state index in [1.54, 1.807) is 26.4 Å². The van der Waals surface area contributed by atoms with E-state index in [0.29, 0.717) is 22.9 Å². The summed E-state index contributed by atoms with van der Waals surface area (Å²) < 4.78 is 10.6. The Kier molecular flexibility index (Phi) is 5.12. The van der Waals surface area contributed by atoms with E-state index < -0.39 is 0 Å². The van der Waals surface area contributed by atoms with Gasteiger partial charge in [-0.05, 0) is 31.4 Å². The third kappa shape index (κ3) is 2.85. The monoisotopic (exact) mass is 297 g/mol. The van der Waals surface area contributed by atoms with Crippen molar-refractivity contribution < 1.29 is 14.3 Å². The van der Waals surface area contributed by atoms with Crippen LogP contribution in [0.4, 0.5) is 0 Å². The van der Waals surface area contributed by atoms with Gasteiger partial charge in [-0.2, -0.15) is 0 Å². The second kappa shape index (κ2) is 6.84. The second-order valence-electron chi connectivity index (χ2n) is 4.84. The summed E-state index contributed by atoms with van der Waals surface area (Å²) in [5.41, 5.74) is 0.481. The summed E-state index contributed by atoms with van der Waals surface area (Å²) in [6.45, 7) is 0.734. The molecule has 1 atom stereocenters. The minimum atomic E-state index is -0.0651. The molecule has 1 aromatic carbocycles. The Morgan fingerprint density at radius 2 is 1.95 bits per heavy atom. The summed E-state index contributed by atoms with van der Waals surface area (Å²) in [4.78, 5) is 14.7. The number of ether oxygens (including phenoxy) is 2. The number of piperidine rings is 1. The van der Waals surface area contributed by atoms with Gasteiger partial charge in [0.1, 0.15) is 17.1 Å². The molecule has 0 aliphatic carbocycles. The van der Waals surface area contributed by atoms with Crippen molar-refractivity contribution in [3.8, 4) is 11.5 Å². The van der Waals surface area contributed by atoms with E-state index in [4.69, 9.17) is 21.1 Å². The molecule has 1 saturated heterocycles. The average molecular weight is 298 g/mol. The quantitative estimate of drug-likeness (QED) is 0.802. The van der Waals surface area contributed by atoms with Crippen LogP contribution in [0.3, 0.4) is 0 Å². The fourth-order valence-electron chi connectivity index (χ4n) is 2.63. The second-order valence-corrected chi connectivity index (χ2v) is 5.15. The van der Waals surface area contributed by atoms with Gasteiger partial charge in [0, 0.05) is 18.5 Å². The zero-order chi connectivity index (χ0) is 14.5. The molecule has 20 heavy (non-hydrogen) atoms. The van der Waals surface area contributed by atoms with Crippen molar-refractivity contribution >= 4 is 17.5 Å². The third-order valence-corrected chi connectivity index (χ3v) is 4.06. The van der Waals surface area contributed by atoms with Crippen molar-refractivity contribution in [3.63, 3.8) is 0 Å². The van der Waals surface area contributed by atoms with Crippen LogP contribution in [0.15, 0.2) is 18.2 Å². The number of methoxy groups -OCH3 is 2. The number of alkyl halides is 1. The number of halogens is 1. The average Bonchev–Trinajstić information content (AvgIpc) is 2.53. The molecule has 0 N–H and O–H groups in total. The standard InChI is InChI=1S/C15H20ClNO3/c1-19-12-7-5-8-13(20-2)14(12)15(18)17-9-4-3-6-11(17)10-16/h5,7-8,11H,3-4,6,9-10H2,1-2H3. The molecule has 1 heterocycles. The van der Waals surface area contributed by atoms with Crippen LogP contribution in [0.1, 0.15) is 29.6 Å². The number of hydrogen-bond acceptors (Lipinski definition) is 3. The first kappa shape index (κ1) is 15.0. The van der Waals surface area contributed by atoms with Crippen LogP contribution in [0.5, 0.6) is 11.5 Å². The first-order chi connectivity index (χ1) is 9.72. The Labute approximate surface area is 124 Å². The Morgan fingerprint density at radius 3 is 2.50 bits per heavy atom. The lowest BCUT2D eigenvalue weighted by atomic mass is 10.0. The van der Waals surface area contributed by atoms with E-state index >= 15 is 0 Å². The smallest absolute Gasteiger partial charge is 0.261 e. The molecular formula is C15H20ClNO3. The number of carbonyl (C=O) groups excluding carboxylic acids is 1. The summed E-state index contributed by atoms with van der Waals surface area (Å²) in [6.07, 6.45) is 3.08. The van der Waals surface area contributed by atoms with Gasteiger partial charge < -0.3 is 14.4 Å². The maximum atomic E-state index is 12.8. The molecule has 0 saturated carbocycles. The van der Waals surface area contributed by atoms with E-state index in [2.05, 4.69) is 0 Å². The van der Waals surface area contributed by atoms with Gasteiger partial charge in [-0.15, -0.1) is 11.6 Å². The van der Waals surface area contributed by atoms with E-state index in [0.717, 1.165) is 25.8 Å². The molecule has 4 nitrogen and oxygen atoms in total. The highest BCUT2D eigenvalue weighted by Crippen LogP contribution is 2.31. The predicted octanol–water partition coefficient (Wildman–Crippen LogP) is 2.94. The zero-order valence-corrected chi connectivity index (χ0v) is 12.7. The number of carbonyl (C=O) groups is 1. The zero-order valence-electron chi connectivity index (χ0n) is 11.9. The molecule has 5 heteroatoms. The highest BCUT2D eigenvalue weighted by molar-refractivity contribution is 6.18. The normalized spacial score (nSPS) is 18.8. The van der Waals surface area contributed by atoms with E-state index in [1.807, 2.05) is 11.0 Å². The molecule has 0 spiro atoms. The molecule has 1 fully saturated rings. The van der Waals surface area contributed by atoms with Crippen LogP contribution < -0.4 is 9.47 Å². The molecule has 1 aliphatic heterocycles. The highest BCUT2D eigenvalue weighted by atomic mass is 35.5. The van der Waals surface area contributed by atoms with Crippen molar-refractivity contribution in [2.45, 2.75) is 25.3 Å². The minimum absolute atomic E-state index is 0.0651. The molecule has 0 aromatic heterocycles. The van der Waals surface area contributed by atoms with Crippen LogP contribution in [0.25, 0.3) is 0 Å². The molecule has 1 unspecified atom stereocenters. The summed E-state index contributed by atoms with van der Waals surface area (Å²) in [5.74, 6) is 1.47. The lowest BCUT2D eigenvalue weighted by Crippen LogP contribution is -2.44. The number of amides is 1. The predicted molar refractivity (Wildman–Crippen MR) is 78.9 cm³/mol. The summed E-state index contributed by atoms with van der Waals surface area (Å²) >= 11 is 6.00. The van der Waals surface area contributed by atoms with E-state index in [-0.39, 0.29) is 11.9 Å². The van der Waals surface area contributed by atoms with E-state index in [1.165, 1.54) is 0 Å². The van der Waals surface area contributed by atoms with Crippen molar-refractivity contribution in [3.05, 3.63) is 23.8 Å². The van der Waals surface area contributed by atoms with Gasteiger partial charge in [0.15, 0.2) is 0 Å². The fraction of sp³-hybridized carbons (Fsp3) is 0.533. The molecule has 0 bridgehead atoms. The fourth-order valence-corrected chi connectivity index (χ4v) is 2.95. The van der Waals surface area contributed by atoms with Crippen LogP contribution >= 0.6 is 11.6 Å². The molecule has 110 valence electrons. The largest absolute Gasteiger partial charge is 0.496 e. The lowest BCUT2D eigenvalue weighted by molar-refractivity contribution is 0.0632. The van der Waals surface area contributed by atoms with Gasteiger partial charge in [-0.1, -0.05) is 6.07 Å². The molecule has 0 radical (unpaired) electrons. The van der Waals surface area contributed by atoms with E-state index in [9.17, 15) is 4.79 Å². The van der Waals surface area contributed by atoms with Gasteiger partial charge in [0.25, 0.3) is 5.91 Å². The number of nitrogens with zero attached hydrogens (tertiary/aromatic N) is 1. The SMILES string of the molecule is COc1cccc(OC)c1C(=O)N1CCCCC1CCl. The van der Waals surface area contributed by atoms with Gasteiger partial charge in [0.2, 0.25) is 0 Å². The van der Waals surface area contributed by atoms with Gasteiger partial charge in [0.05, 0.1) is 14.2 Å².